The predicted molar refractivity (Wildman–Crippen MR) is 105 cm³/mol. The Morgan fingerprint density at radius 1 is 0.818 bits per heavy atom. The number of aryl methyl sites for hydroxylation is 1. The van der Waals surface area contributed by atoms with Gasteiger partial charge in [-0.05, 0) is 54.4 Å². The Morgan fingerprint density at radius 3 is 1.77 bits per heavy atom. The van der Waals surface area contributed by atoms with Crippen molar-refractivity contribution in [1.82, 2.24) is 0 Å². The van der Waals surface area contributed by atoms with Crippen molar-refractivity contribution >= 4 is 47.8 Å². The van der Waals surface area contributed by atoms with Crippen LogP contribution in [0, 0.1) is 6.92 Å². The molecule has 0 aliphatic carbocycles. The van der Waals surface area contributed by atoms with E-state index in [9.17, 15) is 0 Å². The Bertz CT molecular complexity index is 544. The lowest BCUT2D eigenvalue weighted by Gasteiger charge is -2.02. The van der Waals surface area contributed by atoms with E-state index in [1.165, 1.54) is 11.1 Å². The second-order valence-electron chi connectivity index (χ2n) is 4.30. The summed E-state index contributed by atoms with van der Waals surface area (Å²) in [5, 5.41) is 0.850. The first-order chi connectivity index (χ1) is 9.98. The minimum absolute atomic E-state index is 0. The first-order valence-electron chi connectivity index (χ1n) is 6.19. The van der Waals surface area contributed by atoms with Gasteiger partial charge in [-0.1, -0.05) is 55.2 Å². The number of halogens is 3. The average Bonchev–Trinajstić information content (AvgIpc) is 2.46. The Morgan fingerprint density at radius 2 is 1.32 bits per heavy atom. The van der Waals surface area contributed by atoms with E-state index in [0.29, 0.717) is 0 Å². The van der Waals surface area contributed by atoms with Gasteiger partial charge in [-0.15, -0.1) is 0 Å². The molecule has 0 heterocycles. The van der Waals surface area contributed by atoms with Crippen molar-refractivity contribution in [1.29, 1.82) is 0 Å². The summed E-state index contributed by atoms with van der Waals surface area (Å²) in [4.78, 5) is 0. The molecule has 0 radical (unpaired) electrons. The van der Waals surface area contributed by atoms with Crippen LogP contribution in [0.5, 0.6) is 11.5 Å². The highest BCUT2D eigenvalue weighted by Crippen LogP contribution is 2.22. The molecule has 0 amide bonds. The molecule has 122 valence electrons. The molecule has 2 aromatic rings. The number of alkyl halides is 1. The van der Waals surface area contributed by atoms with E-state index in [-0.39, 0.29) is 7.43 Å². The minimum Gasteiger partial charge on any atom is -0.497 e. The molecule has 2 rings (SSSR count). The van der Waals surface area contributed by atoms with Crippen LogP contribution in [-0.2, 0) is 5.33 Å². The van der Waals surface area contributed by atoms with Crippen molar-refractivity contribution in [2.45, 2.75) is 19.7 Å². The smallest absolute Gasteiger partial charge is 0.120 e. The van der Waals surface area contributed by atoms with Gasteiger partial charge in [0.1, 0.15) is 11.5 Å². The van der Waals surface area contributed by atoms with Gasteiger partial charge in [-0.2, -0.15) is 0 Å². The van der Waals surface area contributed by atoms with Gasteiger partial charge < -0.3 is 9.47 Å². The van der Waals surface area contributed by atoms with Crippen molar-refractivity contribution in [3.63, 3.8) is 0 Å². The number of hydrogen-bond donors (Lipinski definition) is 0. The van der Waals surface area contributed by atoms with Gasteiger partial charge in [0.15, 0.2) is 0 Å². The molecule has 0 bridgehead atoms. The molecule has 2 aromatic carbocycles. The van der Waals surface area contributed by atoms with Crippen molar-refractivity contribution < 1.29 is 9.47 Å². The van der Waals surface area contributed by atoms with E-state index < -0.39 is 0 Å². The Balaban J connectivity index is 0.000000385. The molecule has 2 nitrogen and oxygen atoms in total. The van der Waals surface area contributed by atoms with Crippen LogP contribution in [0.4, 0.5) is 0 Å². The number of ether oxygens (including phenoxy) is 2. The highest BCUT2D eigenvalue weighted by molar-refractivity contribution is 9.10. The van der Waals surface area contributed by atoms with Gasteiger partial charge in [0.2, 0.25) is 0 Å². The fourth-order valence-electron chi connectivity index (χ4n) is 1.64. The fourth-order valence-corrected chi connectivity index (χ4v) is 3.07. The molecular formula is C17H21Br3O2. The zero-order chi connectivity index (χ0) is 15.8. The lowest BCUT2D eigenvalue weighted by Crippen LogP contribution is -1.84. The quantitative estimate of drug-likeness (QED) is 0.437. The summed E-state index contributed by atoms with van der Waals surface area (Å²) in [6.45, 7) is 2.04. The van der Waals surface area contributed by atoms with Crippen molar-refractivity contribution in [2.75, 3.05) is 14.2 Å². The molecular weight excluding hydrogens is 476 g/mol. The van der Waals surface area contributed by atoms with Crippen LogP contribution in [0.15, 0.2) is 45.3 Å². The Hall–Kier alpha value is -0.520. The number of benzene rings is 2. The number of rotatable bonds is 3. The van der Waals surface area contributed by atoms with Crippen LogP contribution in [0.25, 0.3) is 0 Å². The average molecular weight is 497 g/mol. The third-order valence-corrected chi connectivity index (χ3v) is 4.14. The van der Waals surface area contributed by atoms with Crippen molar-refractivity contribution in [3.05, 3.63) is 56.5 Å². The molecule has 0 atom stereocenters. The van der Waals surface area contributed by atoms with Crippen molar-refractivity contribution in [2.24, 2.45) is 0 Å². The molecule has 22 heavy (non-hydrogen) atoms. The van der Waals surface area contributed by atoms with Crippen LogP contribution in [-0.4, -0.2) is 14.2 Å². The predicted octanol–water partition coefficient (Wildman–Crippen LogP) is 6.75. The molecule has 0 fully saturated rings. The first-order valence-corrected chi connectivity index (χ1v) is 8.90. The van der Waals surface area contributed by atoms with Gasteiger partial charge in [0, 0.05) is 14.3 Å². The highest BCUT2D eigenvalue weighted by atomic mass is 79.9. The third-order valence-electron chi connectivity index (χ3n) is 2.57. The zero-order valence-corrected chi connectivity index (χ0v) is 16.9. The van der Waals surface area contributed by atoms with Gasteiger partial charge in [0.05, 0.1) is 14.2 Å². The topological polar surface area (TPSA) is 18.5 Å². The first kappa shape index (κ1) is 21.5. The van der Waals surface area contributed by atoms with Crippen LogP contribution in [0.3, 0.4) is 0 Å². The highest BCUT2D eigenvalue weighted by Gasteiger charge is 1.97. The third kappa shape index (κ3) is 7.65. The van der Waals surface area contributed by atoms with E-state index in [4.69, 9.17) is 9.47 Å². The molecule has 0 aromatic heterocycles. The van der Waals surface area contributed by atoms with Gasteiger partial charge >= 0.3 is 0 Å². The van der Waals surface area contributed by atoms with E-state index in [1.54, 1.807) is 14.2 Å². The fraction of sp³-hybridized carbons (Fsp3) is 0.294. The Labute approximate surface area is 158 Å². The van der Waals surface area contributed by atoms with Gasteiger partial charge in [0.25, 0.3) is 0 Å². The maximum Gasteiger partial charge on any atom is 0.120 e. The summed E-state index contributed by atoms with van der Waals surface area (Å²) in [5.74, 6) is 1.78. The van der Waals surface area contributed by atoms with Crippen molar-refractivity contribution in [3.8, 4) is 11.5 Å². The van der Waals surface area contributed by atoms with Gasteiger partial charge in [-0.25, -0.2) is 0 Å². The van der Waals surface area contributed by atoms with E-state index >= 15 is 0 Å². The summed E-state index contributed by atoms with van der Waals surface area (Å²) < 4.78 is 12.2. The lowest BCUT2D eigenvalue weighted by molar-refractivity contribution is 0.414. The molecule has 0 saturated carbocycles. The number of hydrogen-bond acceptors (Lipinski definition) is 2. The lowest BCUT2D eigenvalue weighted by atomic mass is 10.2. The van der Waals surface area contributed by atoms with Gasteiger partial charge in [-0.3, -0.25) is 0 Å². The second kappa shape index (κ2) is 11.1. The molecule has 0 aliphatic rings. The van der Waals surface area contributed by atoms with E-state index in [0.717, 1.165) is 25.8 Å². The normalized spacial score (nSPS) is 9.18. The largest absolute Gasteiger partial charge is 0.497 e. The van der Waals surface area contributed by atoms with Crippen LogP contribution >= 0.6 is 47.8 Å². The maximum absolute atomic E-state index is 5.09. The van der Waals surface area contributed by atoms with E-state index in [2.05, 4.69) is 53.9 Å². The summed E-state index contributed by atoms with van der Waals surface area (Å²) in [7, 11) is 3.33. The molecule has 0 N–H and O–H groups in total. The monoisotopic (exact) mass is 494 g/mol. The molecule has 0 unspecified atom stereocenters. The second-order valence-corrected chi connectivity index (χ2v) is 6.69. The summed E-state index contributed by atoms with van der Waals surface area (Å²) in [6.07, 6.45) is 0. The number of methoxy groups -OCH3 is 2. The van der Waals surface area contributed by atoms with Crippen LogP contribution in [0.1, 0.15) is 18.6 Å². The maximum atomic E-state index is 5.09. The minimum atomic E-state index is 0. The molecule has 0 saturated heterocycles. The Kier molecular flexibility index (Phi) is 10.8. The SMILES string of the molecule is C.COc1cc(Br)cc(CBr)c1.COc1cc(C)cc(Br)c1. The zero-order valence-electron chi connectivity index (χ0n) is 12.1. The van der Waals surface area contributed by atoms with Crippen LogP contribution < -0.4 is 9.47 Å². The summed E-state index contributed by atoms with van der Waals surface area (Å²) >= 11 is 10.1. The molecule has 5 heteroatoms. The molecule has 0 aliphatic heterocycles. The van der Waals surface area contributed by atoms with Crippen LogP contribution in [0.2, 0.25) is 0 Å². The van der Waals surface area contributed by atoms with E-state index in [1.807, 2.05) is 37.3 Å². The summed E-state index contributed by atoms with van der Waals surface area (Å²) in [5.41, 5.74) is 2.41. The molecule has 0 spiro atoms. The summed E-state index contributed by atoms with van der Waals surface area (Å²) in [6, 6.07) is 12.0. The standard InChI is InChI=1S/C8H8Br2O.C8H9BrO.CH4/c1-11-8-3-6(5-9)2-7(10)4-8;1-6-3-7(9)5-8(4-6)10-2;/h2-4H,5H2,1H3;3-5H,1-2H3;1H4.